The first-order valence-electron chi connectivity index (χ1n) is 6.61. The highest BCUT2D eigenvalue weighted by Crippen LogP contribution is 2.17. The van der Waals surface area contributed by atoms with Gasteiger partial charge >= 0.3 is 5.97 Å². The first-order chi connectivity index (χ1) is 9.18. The molecule has 0 aliphatic carbocycles. The number of hydrogen-bond donors (Lipinski definition) is 2. The number of nitrogens with one attached hydrogen (secondary N) is 1. The van der Waals surface area contributed by atoms with Gasteiger partial charge in [-0.3, -0.25) is 4.79 Å². The number of amides is 1. The Morgan fingerprint density at radius 2 is 2.11 bits per heavy atom. The van der Waals surface area contributed by atoms with E-state index in [0.29, 0.717) is 12.3 Å². The number of hydrogen-bond acceptors (Lipinski definition) is 5. The molecule has 0 radical (unpaired) electrons. The molecule has 0 aromatic rings. The van der Waals surface area contributed by atoms with Crippen molar-refractivity contribution in [1.82, 2.24) is 10.2 Å². The number of rotatable bonds is 4. The van der Waals surface area contributed by atoms with E-state index in [1.54, 1.807) is 11.8 Å². The van der Waals surface area contributed by atoms with Crippen LogP contribution >= 0.6 is 11.8 Å². The fourth-order valence-corrected chi connectivity index (χ4v) is 3.38. The molecule has 0 bridgehead atoms. The van der Waals surface area contributed by atoms with Crippen LogP contribution in [0.3, 0.4) is 0 Å². The number of ether oxygens (including phenoxy) is 1. The molecule has 6 nitrogen and oxygen atoms in total. The van der Waals surface area contributed by atoms with Crippen LogP contribution in [0, 0.1) is 0 Å². The number of piperidine rings is 1. The van der Waals surface area contributed by atoms with Crippen molar-refractivity contribution in [2.75, 3.05) is 37.7 Å². The summed E-state index contributed by atoms with van der Waals surface area (Å²) in [6.45, 7) is 2.32. The molecular weight excluding hydrogens is 268 g/mol. The van der Waals surface area contributed by atoms with Crippen LogP contribution in [0.25, 0.3) is 0 Å². The van der Waals surface area contributed by atoms with Gasteiger partial charge in [0.25, 0.3) is 0 Å². The van der Waals surface area contributed by atoms with E-state index in [1.807, 2.05) is 0 Å². The lowest BCUT2D eigenvalue weighted by Gasteiger charge is -2.33. The summed E-state index contributed by atoms with van der Waals surface area (Å²) < 4.78 is 5.60. The van der Waals surface area contributed by atoms with Gasteiger partial charge in [0, 0.05) is 18.1 Å². The quantitative estimate of drug-likeness (QED) is 0.745. The van der Waals surface area contributed by atoms with Crippen molar-refractivity contribution in [3.05, 3.63) is 0 Å². The Bertz CT molecular complexity index is 334. The van der Waals surface area contributed by atoms with Gasteiger partial charge in [-0.05, 0) is 25.9 Å². The van der Waals surface area contributed by atoms with Gasteiger partial charge in [0.15, 0.2) is 0 Å². The lowest BCUT2D eigenvalue weighted by molar-refractivity contribution is -0.152. The third kappa shape index (κ3) is 4.09. The van der Waals surface area contributed by atoms with Crippen LogP contribution in [0.5, 0.6) is 0 Å². The van der Waals surface area contributed by atoms with Crippen LogP contribution in [0.15, 0.2) is 0 Å². The monoisotopic (exact) mass is 288 g/mol. The minimum atomic E-state index is -0.928. The molecular formula is C12H20N2O4S. The van der Waals surface area contributed by atoms with Gasteiger partial charge in [0.05, 0.1) is 6.10 Å². The van der Waals surface area contributed by atoms with E-state index in [4.69, 9.17) is 9.84 Å². The Morgan fingerprint density at radius 1 is 1.37 bits per heavy atom. The highest BCUT2D eigenvalue weighted by molar-refractivity contribution is 7.99. The summed E-state index contributed by atoms with van der Waals surface area (Å²) in [5.74, 6) is 0.130. The molecule has 1 atom stereocenters. The summed E-state index contributed by atoms with van der Waals surface area (Å²) in [5.41, 5.74) is 0. The van der Waals surface area contributed by atoms with E-state index in [-0.39, 0.29) is 18.6 Å². The maximum absolute atomic E-state index is 12.1. The zero-order valence-corrected chi connectivity index (χ0v) is 11.7. The molecule has 2 heterocycles. The first-order valence-corrected chi connectivity index (χ1v) is 7.76. The summed E-state index contributed by atoms with van der Waals surface area (Å²) in [7, 11) is 0. The summed E-state index contributed by atoms with van der Waals surface area (Å²) in [5, 5.41) is 12.4. The van der Waals surface area contributed by atoms with E-state index < -0.39 is 12.0 Å². The largest absolute Gasteiger partial charge is 0.480 e. The zero-order valence-electron chi connectivity index (χ0n) is 10.8. The number of carboxylic acid groups (broad SMARTS) is 1. The molecule has 1 unspecified atom stereocenters. The molecule has 108 valence electrons. The third-order valence-electron chi connectivity index (χ3n) is 3.46. The van der Waals surface area contributed by atoms with Crippen molar-refractivity contribution in [3.63, 3.8) is 0 Å². The van der Waals surface area contributed by atoms with Gasteiger partial charge in [0.2, 0.25) is 5.91 Å². The number of carboxylic acids is 1. The molecule has 0 saturated carbocycles. The lowest BCUT2D eigenvalue weighted by atomic mass is 10.1. The van der Waals surface area contributed by atoms with E-state index in [0.717, 1.165) is 31.7 Å². The maximum atomic E-state index is 12.1. The van der Waals surface area contributed by atoms with Gasteiger partial charge in [-0.1, -0.05) is 0 Å². The van der Waals surface area contributed by atoms with Crippen molar-refractivity contribution < 1.29 is 19.4 Å². The average molecular weight is 288 g/mol. The highest BCUT2D eigenvalue weighted by atomic mass is 32.2. The molecule has 2 fully saturated rings. The van der Waals surface area contributed by atoms with Gasteiger partial charge in [-0.2, -0.15) is 11.8 Å². The van der Waals surface area contributed by atoms with Crippen LogP contribution in [0.2, 0.25) is 0 Å². The number of carbonyl (C=O) groups excluding carboxylic acids is 1. The molecule has 2 rings (SSSR count). The smallest absolute Gasteiger partial charge is 0.327 e. The van der Waals surface area contributed by atoms with Crippen molar-refractivity contribution in [1.29, 1.82) is 0 Å². The third-order valence-corrected chi connectivity index (χ3v) is 4.49. The van der Waals surface area contributed by atoms with Crippen LogP contribution < -0.4 is 5.32 Å². The second-order valence-corrected chi connectivity index (χ2v) is 5.93. The Morgan fingerprint density at radius 3 is 2.79 bits per heavy atom. The van der Waals surface area contributed by atoms with Crippen molar-refractivity contribution in [2.24, 2.45) is 0 Å². The van der Waals surface area contributed by atoms with Gasteiger partial charge < -0.3 is 20.1 Å². The highest BCUT2D eigenvalue weighted by Gasteiger charge is 2.32. The normalized spacial score (nSPS) is 25.3. The van der Waals surface area contributed by atoms with E-state index >= 15 is 0 Å². The van der Waals surface area contributed by atoms with E-state index in [2.05, 4.69) is 5.32 Å². The molecule has 2 aliphatic heterocycles. The molecule has 2 N–H and O–H groups in total. The molecule has 0 spiro atoms. The van der Waals surface area contributed by atoms with Crippen LogP contribution in [-0.2, 0) is 14.3 Å². The predicted molar refractivity (Wildman–Crippen MR) is 72.3 cm³/mol. The average Bonchev–Trinajstić information content (AvgIpc) is 2.46. The Balaban J connectivity index is 1.81. The summed E-state index contributed by atoms with van der Waals surface area (Å²) >= 11 is 1.57. The fraction of sp³-hybridized carbons (Fsp3) is 0.833. The summed E-state index contributed by atoms with van der Waals surface area (Å²) in [6, 6.07) is -0.706. The van der Waals surface area contributed by atoms with Crippen LogP contribution in [-0.4, -0.2) is 71.8 Å². The number of carbonyl (C=O) groups is 2. The molecule has 2 aliphatic rings. The molecule has 7 heteroatoms. The summed E-state index contributed by atoms with van der Waals surface area (Å²) in [4.78, 5) is 24.6. The zero-order chi connectivity index (χ0) is 13.7. The van der Waals surface area contributed by atoms with E-state index in [9.17, 15) is 9.59 Å². The number of nitrogens with zero attached hydrogens (tertiary/aromatic N) is 1. The van der Waals surface area contributed by atoms with Crippen LogP contribution in [0.1, 0.15) is 12.8 Å². The van der Waals surface area contributed by atoms with E-state index in [1.165, 1.54) is 4.90 Å². The Hall–Kier alpha value is -0.790. The lowest BCUT2D eigenvalue weighted by Crippen LogP contribution is -2.51. The van der Waals surface area contributed by atoms with Crippen molar-refractivity contribution >= 4 is 23.6 Å². The van der Waals surface area contributed by atoms with Gasteiger partial charge in [-0.25, -0.2) is 4.79 Å². The topological polar surface area (TPSA) is 78.9 Å². The van der Waals surface area contributed by atoms with Crippen molar-refractivity contribution in [2.45, 2.75) is 25.0 Å². The molecule has 19 heavy (non-hydrogen) atoms. The number of thioether (sulfide) groups is 1. The SMILES string of the molecule is O=C(O)C1CSCCN1C(=O)COC1CCNCC1. The maximum Gasteiger partial charge on any atom is 0.327 e. The fourth-order valence-electron chi connectivity index (χ4n) is 2.34. The molecule has 2 saturated heterocycles. The second-order valence-electron chi connectivity index (χ2n) is 4.78. The first kappa shape index (κ1) is 14.6. The van der Waals surface area contributed by atoms with Gasteiger partial charge in [-0.15, -0.1) is 0 Å². The second kappa shape index (κ2) is 7.12. The number of aliphatic carboxylic acids is 1. The standard InChI is InChI=1S/C12H20N2O4S/c15-11(7-18-9-1-3-13-4-2-9)14-5-6-19-8-10(14)12(16)17/h9-10,13H,1-8H2,(H,16,17). The molecule has 0 aromatic carbocycles. The molecule has 0 aromatic heterocycles. The molecule has 1 amide bonds. The predicted octanol–water partition coefficient (Wildman–Crippen LogP) is -0.216. The summed E-state index contributed by atoms with van der Waals surface area (Å²) in [6.07, 6.45) is 1.93. The Labute approximate surface area is 116 Å². The van der Waals surface area contributed by atoms with Crippen LogP contribution in [0.4, 0.5) is 0 Å². The van der Waals surface area contributed by atoms with Gasteiger partial charge in [0.1, 0.15) is 12.6 Å². The minimum absolute atomic E-state index is 0.000880. The Kier molecular flexibility index (Phi) is 5.47. The minimum Gasteiger partial charge on any atom is -0.480 e. The van der Waals surface area contributed by atoms with Crippen molar-refractivity contribution in [3.8, 4) is 0 Å².